The third-order valence-corrected chi connectivity index (χ3v) is 8.36. The van der Waals surface area contributed by atoms with Gasteiger partial charge in [-0.3, -0.25) is 19.2 Å². The molecule has 2 aromatic rings. The lowest BCUT2D eigenvalue weighted by atomic mass is 10.0. The molecule has 0 saturated carbocycles. The molecular formula is C18H18F2N6O4S3. The van der Waals surface area contributed by atoms with E-state index in [1.807, 2.05) is 6.92 Å². The largest absolute Gasteiger partial charge is 0.477 e. The topological polar surface area (TPSA) is 130 Å². The van der Waals surface area contributed by atoms with Gasteiger partial charge in [0.15, 0.2) is 4.34 Å². The molecule has 0 unspecified atom stereocenters. The summed E-state index contributed by atoms with van der Waals surface area (Å²) in [5, 5.41) is 24.2. The molecule has 2 aliphatic rings. The van der Waals surface area contributed by atoms with E-state index in [4.69, 9.17) is 0 Å². The van der Waals surface area contributed by atoms with E-state index in [0.717, 1.165) is 9.69 Å². The Morgan fingerprint density at radius 1 is 1.36 bits per heavy atom. The van der Waals surface area contributed by atoms with Crippen LogP contribution in [0.2, 0.25) is 0 Å². The Morgan fingerprint density at radius 3 is 2.73 bits per heavy atom. The molecule has 2 N–H and O–H groups in total. The van der Waals surface area contributed by atoms with E-state index in [2.05, 4.69) is 20.6 Å². The number of carboxylic acids is 1. The summed E-state index contributed by atoms with van der Waals surface area (Å²) in [6, 6.07) is 0.292. The van der Waals surface area contributed by atoms with Gasteiger partial charge in [0.05, 0.1) is 0 Å². The second-order valence-corrected chi connectivity index (χ2v) is 10.8. The minimum absolute atomic E-state index is 0.0764. The van der Waals surface area contributed by atoms with Gasteiger partial charge in [0.1, 0.15) is 34.4 Å². The molecule has 176 valence electrons. The molecule has 0 aliphatic carbocycles. The van der Waals surface area contributed by atoms with Crippen molar-refractivity contribution in [1.82, 2.24) is 30.2 Å². The van der Waals surface area contributed by atoms with Crippen LogP contribution in [0.4, 0.5) is 8.78 Å². The lowest BCUT2D eigenvalue weighted by Gasteiger charge is -2.49. The molecule has 2 atom stereocenters. The van der Waals surface area contributed by atoms with Crippen molar-refractivity contribution in [2.75, 3.05) is 11.5 Å². The molecular weight excluding hydrogens is 498 g/mol. The predicted molar refractivity (Wildman–Crippen MR) is 117 cm³/mol. The number of aryl methyl sites for hydroxylation is 2. The quantitative estimate of drug-likeness (QED) is 0.398. The van der Waals surface area contributed by atoms with E-state index < -0.39 is 41.3 Å². The highest BCUT2D eigenvalue weighted by Crippen LogP contribution is 2.41. The zero-order chi connectivity index (χ0) is 23.9. The number of β-lactam (4-membered cyclic amide) rings is 1. The molecule has 4 rings (SSSR count). The van der Waals surface area contributed by atoms with Gasteiger partial charge in [-0.2, -0.15) is 5.10 Å². The maximum Gasteiger partial charge on any atom is 0.352 e. The molecule has 2 aromatic heterocycles. The molecule has 0 bridgehead atoms. The molecule has 15 heteroatoms. The Bertz CT molecular complexity index is 1150. The SMILES string of the molecule is Cc1nnc(SCC2=C(C(=O)O)N3C(=O)[C@@H](NC(=O)Cn4nc(C(F)F)cc4C)[C@H]3SC2)s1. The van der Waals surface area contributed by atoms with Gasteiger partial charge < -0.3 is 10.4 Å². The summed E-state index contributed by atoms with van der Waals surface area (Å²) in [7, 11) is 0. The maximum atomic E-state index is 12.8. The van der Waals surface area contributed by atoms with Crippen molar-refractivity contribution in [3.63, 3.8) is 0 Å². The summed E-state index contributed by atoms with van der Waals surface area (Å²) in [6.07, 6.45) is -2.75. The van der Waals surface area contributed by atoms with Crippen LogP contribution < -0.4 is 5.32 Å². The number of amides is 2. The summed E-state index contributed by atoms with van der Waals surface area (Å²) in [6.45, 7) is 3.04. The summed E-state index contributed by atoms with van der Waals surface area (Å²) < 4.78 is 27.5. The number of hydrogen-bond donors (Lipinski definition) is 2. The van der Waals surface area contributed by atoms with Crippen molar-refractivity contribution in [2.45, 2.75) is 42.6 Å². The van der Waals surface area contributed by atoms with Crippen molar-refractivity contribution in [2.24, 2.45) is 0 Å². The molecule has 1 fully saturated rings. The first-order valence-corrected chi connectivity index (χ1v) is 12.5. The van der Waals surface area contributed by atoms with Crippen molar-refractivity contribution < 1.29 is 28.3 Å². The highest BCUT2D eigenvalue weighted by Gasteiger charge is 2.54. The Balaban J connectivity index is 1.42. The molecule has 4 heterocycles. The molecule has 2 aliphatic heterocycles. The molecule has 0 aromatic carbocycles. The van der Waals surface area contributed by atoms with Gasteiger partial charge in [-0.05, 0) is 25.5 Å². The smallest absolute Gasteiger partial charge is 0.352 e. The van der Waals surface area contributed by atoms with Crippen LogP contribution in [0.3, 0.4) is 0 Å². The zero-order valence-corrected chi connectivity index (χ0v) is 19.8. The number of carbonyl (C=O) groups is 3. The normalized spacial score (nSPS) is 20.2. The summed E-state index contributed by atoms with van der Waals surface area (Å²) in [4.78, 5) is 38.3. The fraction of sp³-hybridized carbons (Fsp3) is 0.444. The van der Waals surface area contributed by atoms with Crippen LogP contribution in [0.25, 0.3) is 0 Å². The fourth-order valence-electron chi connectivity index (χ4n) is 3.44. The van der Waals surface area contributed by atoms with Crippen LogP contribution in [-0.2, 0) is 20.9 Å². The van der Waals surface area contributed by atoms with Crippen LogP contribution in [0.5, 0.6) is 0 Å². The predicted octanol–water partition coefficient (Wildman–Crippen LogP) is 1.82. The standard InChI is InChI=1S/C18H18F2N6O4S3/c1-7-3-10(14(19)20)24-25(7)4-11(27)21-12-15(28)26-13(17(29)30)9(5-31-16(12)26)6-32-18-23-22-8(2)33-18/h3,12,14,16H,4-6H2,1-2H3,(H,21,27)(H,29,30)/t12-,16-/m1/s1. The molecule has 2 amide bonds. The van der Waals surface area contributed by atoms with Gasteiger partial charge in [-0.1, -0.05) is 23.1 Å². The van der Waals surface area contributed by atoms with E-state index in [1.165, 1.54) is 45.8 Å². The van der Waals surface area contributed by atoms with Crippen molar-refractivity contribution >= 4 is 52.6 Å². The van der Waals surface area contributed by atoms with Gasteiger partial charge in [0.2, 0.25) is 5.91 Å². The monoisotopic (exact) mass is 516 g/mol. The minimum Gasteiger partial charge on any atom is -0.477 e. The van der Waals surface area contributed by atoms with Crippen molar-refractivity contribution in [1.29, 1.82) is 0 Å². The number of thioether (sulfide) groups is 2. The number of aromatic nitrogens is 4. The van der Waals surface area contributed by atoms with Gasteiger partial charge in [0.25, 0.3) is 12.3 Å². The number of halogens is 2. The number of rotatable bonds is 8. The number of alkyl halides is 2. The zero-order valence-electron chi connectivity index (χ0n) is 17.3. The first-order valence-electron chi connectivity index (χ1n) is 9.60. The first kappa shape index (κ1) is 23.6. The highest BCUT2D eigenvalue weighted by molar-refractivity contribution is 8.01. The van der Waals surface area contributed by atoms with Gasteiger partial charge in [-0.25, -0.2) is 13.6 Å². The second kappa shape index (κ2) is 9.38. The van der Waals surface area contributed by atoms with Gasteiger partial charge in [0, 0.05) is 17.2 Å². The van der Waals surface area contributed by atoms with Gasteiger partial charge in [-0.15, -0.1) is 22.0 Å². The third kappa shape index (κ3) is 4.75. The van der Waals surface area contributed by atoms with E-state index in [0.29, 0.717) is 27.1 Å². The number of aliphatic carboxylic acids is 1. The van der Waals surface area contributed by atoms with Crippen LogP contribution in [0.1, 0.15) is 22.8 Å². The van der Waals surface area contributed by atoms with Gasteiger partial charge >= 0.3 is 5.97 Å². The number of hydrogen-bond acceptors (Lipinski definition) is 9. The third-order valence-electron chi connectivity index (χ3n) is 4.96. The number of carboxylic acid groups (broad SMARTS) is 1. The average Bonchev–Trinajstić information content (AvgIpc) is 3.34. The Labute approximate surface area is 198 Å². The van der Waals surface area contributed by atoms with Crippen LogP contribution in [0.15, 0.2) is 21.7 Å². The Hall–Kier alpha value is -2.52. The average molecular weight is 517 g/mol. The van der Waals surface area contributed by atoms with E-state index in [9.17, 15) is 28.3 Å². The summed E-state index contributed by atoms with van der Waals surface area (Å²) in [5.74, 6) is -1.59. The highest BCUT2D eigenvalue weighted by atomic mass is 32.2. The molecule has 0 spiro atoms. The van der Waals surface area contributed by atoms with E-state index >= 15 is 0 Å². The van der Waals surface area contributed by atoms with Crippen molar-refractivity contribution in [3.8, 4) is 0 Å². The maximum absolute atomic E-state index is 12.8. The Morgan fingerprint density at radius 2 is 2.12 bits per heavy atom. The van der Waals surface area contributed by atoms with Crippen molar-refractivity contribution in [3.05, 3.63) is 33.7 Å². The number of carbonyl (C=O) groups excluding carboxylic acids is 2. The minimum atomic E-state index is -2.75. The lowest BCUT2D eigenvalue weighted by Crippen LogP contribution is -2.70. The number of nitrogens with one attached hydrogen (secondary N) is 1. The number of nitrogens with zero attached hydrogens (tertiary/aromatic N) is 5. The van der Waals surface area contributed by atoms with E-state index in [1.54, 1.807) is 6.92 Å². The number of fused-ring (bicyclic) bond motifs is 1. The first-order chi connectivity index (χ1) is 15.7. The summed E-state index contributed by atoms with van der Waals surface area (Å²) in [5.41, 5.74) is 0.469. The summed E-state index contributed by atoms with van der Waals surface area (Å²) >= 11 is 4.11. The molecule has 33 heavy (non-hydrogen) atoms. The van der Waals surface area contributed by atoms with Crippen LogP contribution in [0, 0.1) is 13.8 Å². The molecule has 0 radical (unpaired) electrons. The lowest BCUT2D eigenvalue weighted by molar-refractivity contribution is -0.150. The van der Waals surface area contributed by atoms with Crippen LogP contribution in [-0.4, -0.2) is 70.7 Å². The fourth-order valence-corrected chi connectivity index (χ4v) is 6.74. The Kier molecular flexibility index (Phi) is 6.72. The second-order valence-electron chi connectivity index (χ2n) is 7.26. The molecule has 10 nitrogen and oxygen atoms in total. The molecule has 1 saturated heterocycles. The van der Waals surface area contributed by atoms with E-state index in [-0.39, 0.29) is 12.2 Å². The van der Waals surface area contributed by atoms with Crippen LogP contribution >= 0.6 is 34.9 Å².